The first-order valence-corrected chi connectivity index (χ1v) is 21.2. The minimum absolute atomic E-state index is 0.00656. The van der Waals surface area contributed by atoms with E-state index in [2.05, 4.69) is 4.90 Å². The molecule has 2 aliphatic heterocycles. The maximum atomic E-state index is 15.0. The Hall–Kier alpha value is -5.58. The zero-order valence-corrected chi connectivity index (χ0v) is 37.0. The highest BCUT2D eigenvalue weighted by atomic mass is 35.5. The molecule has 2 atom stereocenters. The zero-order chi connectivity index (χ0) is 45.1. The maximum Gasteiger partial charge on any atom is 0.418 e. The van der Waals surface area contributed by atoms with Crippen molar-refractivity contribution in [1.82, 2.24) is 24.8 Å². The van der Waals surface area contributed by atoms with E-state index in [4.69, 9.17) is 45.5 Å². The fourth-order valence-electron chi connectivity index (χ4n) is 7.89. The fraction of sp³-hybridized carbons (Fsp3) is 0.435. The number of aliphatic hydroxyl groups excluding tert-OH is 1. The van der Waals surface area contributed by atoms with Crippen LogP contribution in [-0.4, -0.2) is 114 Å². The molecule has 0 bridgehead atoms. The molecule has 17 heteroatoms. The zero-order valence-electron chi connectivity index (χ0n) is 36.3. The predicted molar refractivity (Wildman–Crippen MR) is 236 cm³/mol. The summed E-state index contributed by atoms with van der Waals surface area (Å²) in [6.07, 6.45) is -3.60. The molecule has 4 heterocycles. The Bertz CT molecular complexity index is 2330. The summed E-state index contributed by atoms with van der Waals surface area (Å²) in [5.41, 5.74) is 0.107. The van der Waals surface area contributed by atoms with Gasteiger partial charge in [0.25, 0.3) is 0 Å². The highest BCUT2D eigenvalue weighted by molar-refractivity contribution is 6.34. The van der Waals surface area contributed by atoms with Gasteiger partial charge in [-0.15, -0.1) is 0 Å². The molecule has 7 rings (SSSR count). The van der Waals surface area contributed by atoms with Gasteiger partial charge in [-0.25, -0.2) is 9.78 Å². The molecule has 3 aromatic carbocycles. The SMILES string of the molecule is COc1ccc(CN(Cc2ccc(OC)cc2)c2ccc(C(F)(F)F)c(-c3cc4nc(OCC5CCC(CO)N5C)nc(N5CCN(C(=O)OC(C)(C)C)CC5)c4cc3Cl)n2)cc1. The number of benzene rings is 3. The number of methoxy groups -OCH3 is 2. The molecule has 1 amide bonds. The largest absolute Gasteiger partial charge is 0.497 e. The molecule has 2 fully saturated rings. The third-order valence-electron chi connectivity index (χ3n) is 11.4. The summed E-state index contributed by atoms with van der Waals surface area (Å²) >= 11 is 7.03. The monoisotopic (exact) mass is 891 g/mol. The van der Waals surface area contributed by atoms with E-state index in [-0.39, 0.29) is 53.4 Å². The number of likely N-dealkylation sites (N-methyl/N-ethyl adjacent to an activating group) is 1. The maximum absolute atomic E-state index is 15.0. The van der Waals surface area contributed by atoms with Crippen molar-refractivity contribution in [3.8, 4) is 28.8 Å². The average Bonchev–Trinajstić information content (AvgIpc) is 3.63. The normalized spacial score (nSPS) is 17.3. The van der Waals surface area contributed by atoms with Crippen LogP contribution in [0.1, 0.15) is 50.3 Å². The molecule has 63 heavy (non-hydrogen) atoms. The molecule has 0 spiro atoms. The Morgan fingerprint density at radius 3 is 1.98 bits per heavy atom. The Morgan fingerprint density at radius 2 is 1.44 bits per heavy atom. The summed E-state index contributed by atoms with van der Waals surface area (Å²) < 4.78 is 67.6. The smallest absolute Gasteiger partial charge is 0.418 e. The number of ether oxygens (including phenoxy) is 4. The number of fused-ring (bicyclic) bond motifs is 1. The molecule has 0 aliphatic carbocycles. The lowest BCUT2D eigenvalue weighted by atomic mass is 10.0. The third kappa shape index (κ3) is 10.8. The summed E-state index contributed by atoms with van der Waals surface area (Å²) in [5.74, 6) is 2.10. The molecule has 2 saturated heterocycles. The van der Waals surface area contributed by atoms with Crippen LogP contribution in [0.5, 0.6) is 17.5 Å². The number of carbonyl (C=O) groups is 1. The fourth-order valence-corrected chi connectivity index (χ4v) is 8.14. The number of rotatable bonds is 13. The van der Waals surface area contributed by atoms with Crippen molar-refractivity contribution in [1.29, 1.82) is 0 Å². The van der Waals surface area contributed by atoms with Gasteiger partial charge in [-0.05, 0) is 100 Å². The van der Waals surface area contributed by atoms with Crippen molar-refractivity contribution in [2.24, 2.45) is 0 Å². The van der Waals surface area contributed by atoms with Gasteiger partial charge in [0.15, 0.2) is 0 Å². The van der Waals surface area contributed by atoms with Crippen LogP contribution in [0.3, 0.4) is 0 Å². The lowest BCUT2D eigenvalue weighted by molar-refractivity contribution is -0.137. The minimum Gasteiger partial charge on any atom is -0.497 e. The second-order valence-corrected chi connectivity index (χ2v) is 17.2. The van der Waals surface area contributed by atoms with Gasteiger partial charge in [0.2, 0.25) is 0 Å². The standard InChI is InChI=1S/C46H53ClF3N7O6/c1-45(2,3)63-44(59)56-21-19-55(20-22-56)42-36-23-38(47)35(24-39(36)51-43(53-42)62-28-32-12-11-31(27-58)54(32)4)41-37(46(48,49)50)17-18-40(52-41)57(25-29-7-13-33(60-5)14-8-29)26-30-9-15-34(61-6)16-10-30/h7-10,13-18,23-24,31-32,58H,11-12,19-22,25-28H2,1-6H3. The summed E-state index contributed by atoms with van der Waals surface area (Å²) in [7, 11) is 5.09. The van der Waals surface area contributed by atoms with Crippen LogP contribution >= 0.6 is 11.6 Å². The summed E-state index contributed by atoms with van der Waals surface area (Å²) in [6.45, 7) is 7.76. The first kappa shape index (κ1) is 45.4. The average molecular weight is 892 g/mol. The van der Waals surface area contributed by atoms with Gasteiger partial charge in [-0.2, -0.15) is 23.1 Å². The van der Waals surface area contributed by atoms with Crippen LogP contribution < -0.4 is 24.0 Å². The van der Waals surface area contributed by atoms with Crippen LogP contribution in [0, 0.1) is 0 Å². The molecule has 0 saturated carbocycles. The van der Waals surface area contributed by atoms with E-state index in [1.54, 1.807) is 25.2 Å². The predicted octanol–water partition coefficient (Wildman–Crippen LogP) is 8.48. The van der Waals surface area contributed by atoms with Crippen LogP contribution in [0.15, 0.2) is 72.8 Å². The van der Waals surface area contributed by atoms with E-state index in [1.807, 2.05) is 86.1 Å². The number of alkyl halides is 3. The summed E-state index contributed by atoms with van der Waals surface area (Å²) in [5, 5.41) is 10.3. The van der Waals surface area contributed by atoms with Gasteiger partial charge in [-0.3, -0.25) is 4.90 Å². The second-order valence-electron chi connectivity index (χ2n) is 16.8. The van der Waals surface area contributed by atoms with Crippen molar-refractivity contribution in [3.63, 3.8) is 0 Å². The molecule has 2 aromatic heterocycles. The van der Waals surface area contributed by atoms with E-state index in [0.717, 1.165) is 30.0 Å². The van der Waals surface area contributed by atoms with Gasteiger partial charge < -0.3 is 38.8 Å². The Labute approximate surface area is 370 Å². The number of aliphatic hydroxyl groups is 1. The number of hydrogen-bond acceptors (Lipinski definition) is 12. The van der Waals surface area contributed by atoms with Gasteiger partial charge in [0, 0.05) is 62.3 Å². The number of anilines is 2. The van der Waals surface area contributed by atoms with Crippen LogP contribution in [0.4, 0.5) is 29.6 Å². The quantitative estimate of drug-likeness (QED) is 0.122. The molecular formula is C46H53ClF3N7O6. The molecule has 1 N–H and O–H groups in total. The molecule has 0 radical (unpaired) electrons. The summed E-state index contributed by atoms with van der Waals surface area (Å²) in [4.78, 5) is 34.8. The number of hydrogen-bond donors (Lipinski definition) is 1. The van der Waals surface area contributed by atoms with E-state index < -0.39 is 23.4 Å². The third-order valence-corrected chi connectivity index (χ3v) is 11.7. The topological polar surface area (TPSA) is 126 Å². The number of carbonyl (C=O) groups excluding carboxylic acids is 1. The number of aromatic nitrogens is 3. The van der Waals surface area contributed by atoms with Crippen LogP contribution in [-0.2, 0) is 24.0 Å². The lowest BCUT2D eigenvalue weighted by Gasteiger charge is -2.36. The highest BCUT2D eigenvalue weighted by Crippen LogP contribution is 2.42. The Morgan fingerprint density at radius 1 is 0.841 bits per heavy atom. The van der Waals surface area contributed by atoms with Crippen molar-refractivity contribution < 1.29 is 42.0 Å². The minimum atomic E-state index is -4.78. The van der Waals surface area contributed by atoms with Gasteiger partial charge in [0.05, 0.1) is 42.6 Å². The number of nitrogens with zero attached hydrogens (tertiary/aromatic N) is 7. The highest BCUT2D eigenvalue weighted by Gasteiger charge is 2.37. The molecule has 13 nitrogen and oxygen atoms in total. The number of pyridine rings is 1. The van der Waals surface area contributed by atoms with Crippen LogP contribution in [0.2, 0.25) is 5.02 Å². The van der Waals surface area contributed by atoms with Gasteiger partial charge in [-0.1, -0.05) is 35.9 Å². The molecule has 5 aromatic rings. The lowest BCUT2D eigenvalue weighted by Crippen LogP contribution is -2.50. The molecular weight excluding hydrogens is 839 g/mol. The van der Waals surface area contributed by atoms with Gasteiger partial charge >= 0.3 is 18.3 Å². The first-order chi connectivity index (χ1) is 30.0. The Balaban J connectivity index is 1.29. The van der Waals surface area contributed by atoms with Crippen molar-refractivity contribution in [2.45, 2.75) is 70.6 Å². The number of halogens is 4. The second kappa shape index (κ2) is 19.0. The number of piperazine rings is 1. The van der Waals surface area contributed by atoms with E-state index in [1.165, 1.54) is 12.1 Å². The summed E-state index contributed by atoms with van der Waals surface area (Å²) in [6, 6.07) is 20.4. The van der Waals surface area contributed by atoms with Crippen molar-refractivity contribution in [2.75, 3.05) is 70.5 Å². The van der Waals surface area contributed by atoms with Crippen molar-refractivity contribution in [3.05, 3.63) is 94.5 Å². The molecule has 2 unspecified atom stereocenters. The van der Waals surface area contributed by atoms with Gasteiger partial charge in [0.1, 0.15) is 35.3 Å². The van der Waals surface area contributed by atoms with E-state index in [0.29, 0.717) is 67.5 Å². The number of amides is 1. The molecule has 336 valence electrons. The van der Waals surface area contributed by atoms with Crippen molar-refractivity contribution >= 4 is 40.2 Å². The van der Waals surface area contributed by atoms with E-state index >= 15 is 13.2 Å². The van der Waals surface area contributed by atoms with Crippen LogP contribution in [0.25, 0.3) is 22.2 Å². The number of likely N-dealkylation sites (tertiary alicyclic amines) is 1. The molecule has 2 aliphatic rings. The Kier molecular flexibility index (Phi) is 13.7. The first-order valence-electron chi connectivity index (χ1n) is 20.8. The van der Waals surface area contributed by atoms with E-state index in [9.17, 15) is 9.90 Å².